The number of carbonyl (C=O) groups excluding carboxylic acids is 1. The highest BCUT2D eigenvalue weighted by atomic mass is 16.2. The van der Waals surface area contributed by atoms with Crippen molar-refractivity contribution in [1.29, 1.82) is 0 Å². The summed E-state index contributed by atoms with van der Waals surface area (Å²) in [5.41, 5.74) is 6.15. The molecule has 1 aliphatic heterocycles. The standard InChI is InChI=1S/C20H21N3O/c24-20(22-21-14-6-10-17-8-2-1-3-9-17)16-23-15-7-12-18-11-4-5-13-19(18)23/h1-6,8-11,13-14H,7,12,15-16H2,(H,22,24)/b10-6+,21-14+. The van der Waals surface area contributed by atoms with E-state index in [2.05, 4.69) is 27.6 Å². The summed E-state index contributed by atoms with van der Waals surface area (Å²) in [5.74, 6) is -0.101. The number of hydrogen-bond acceptors (Lipinski definition) is 3. The van der Waals surface area contributed by atoms with Crippen molar-refractivity contribution in [3.63, 3.8) is 0 Å². The normalized spacial score (nSPS) is 14.1. The van der Waals surface area contributed by atoms with Gasteiger partial charge in [-0.05, 0) is 36.1 Å². The smallest absolute Gasteiger partial charge is 0.259 e. The number of carbonyl (C=O) groups is 1. The van der Waals surface area contributed by atoms with Crippen molar-refractivity contribution in [1.82, 2.24) is 5.43 Å². The molecule has 0 spiro atoms. The van der Waals surface area contributed by atoms with E-state index < -0.39 is 0 Å². The van der Waals surface area contributed by atoms with E-state index >= 15 is 0 Å². The maximum atomic E-state index is 12.1. The van der Waals surface area contributed by atoms with Crippen LogP contribution in [0.3, 0.4) is 0 Å². The van der Waals surface area contributed by atoms with Crippen LogP contribution in [0.15, 0.2) is 65.8 Å². The molecule has 0 saturated heterocycles. The van der Waals surface area contributed by atoms with E-state index in [0.29, 0.717) is 6.54 Å². The van der Waals surface area contributed by atoms with E-state index in [0.717, 1.165) is 30.6 Å². The number of aryl methyl sites for hydroxylation is 1. The van der Waals surface area contributed by atoms with Crippen molar-refractivity contribution in [2.24, 2.45) is 5.10 Å². The summed E-state index contributed by atoms with van der Waals surface area (Å²) >= 11 is 0. The Morgan fingerprint density at radius 3 is 2.79 bits per heavy atom. The van der Waals surface area contributed by atoms with E-state index in [1.165, 1.54) is 5.56 Å². The minimum absolute atomic E-state index is 0.101. The molecule has 24 heavy (non-hydrogen) atoms. The Morgan fingerprint density at radius 2 is 1.92 bits per heavy atom. The lowest BCUT2D eigenvalue weighted by Gasteiger charge is -2.30. The lowest BCUT2D eigenvalue weighted by atomic mass is 10.0. The van der Waals surface area contributed by atoms with Gasteiger partial charge in [-0.2, -0.15) is 5.10 Å². The van der Waals surface area contributed by atoms with Crippen LogP contribution < -0.4 is 10.3 Å². The SMILES string of the molecule is O=C(CN1CCCc2ccccc21)N/N=C/C=C/c1ccccc1. The number of hydrazone groups is 1. The number of benzene rings is 2. The predicted octanol–water partition coefficient (Wildman–Crippen LogP) is 3.25. The van der Waals surface area contributed by atoms with E-state index in [9.17, 15) is 4.79 Å². The zero-order valence-corrected chi connectivity index (χ0v) is 13.6. The van der Waals surface area contributed by atoms with Gasteiger partial charge >= 0.3 is 0 Å². The summed E-state index contributed by atoms with van der Waals surface area (Å²) in [6, 6.07) is 18.2. The number of nitrogens with one attached hydrogen (secondary N) is 1. The van der Waals surface area contributed by atoms with Crippen molar-refractivity contribution < 1.29 is 4.79 Å². The van der Waals surface area contributed by atoms with Crippen LogP contribution in [0.5, 0.6) is 0 Å². The van der Waals surface area contributed by atoms with Crippen LogP contribution in [-0.4, -0.2) is 25.2 Å². The van der Waals surface area contributed by atoms with Crippen LogP contribution in [-0.2, 0) is 11.2 Å². The Balaban J connectivity index is 1.50. The second-order valence-electron chi connectivity index (χ2n) is 5.74. The molecule has 0 radical (unpaired) electrons. The molecule has 0 aromatic heterocycles. The molecule has 4 nitrogen and oxygen atoms in total. The van der Waals surface area contributed by atoms with Crippen molar-refractivity contribution in [3.8, 4) is 0 Å². The highest BCUT2D eigenvalue weighted by Crippen LogP contribution is 2.26. The molecule has 2 aromatic rings. The zero-order valence-electron chi connectivity index (χ0n) is 13.6. The summed E-state index contributed by atoms with van der Waals surface area (Å²) in [5, 5.41) is 3.97. The van der Waals surface area contributed by atoms with Gasteiger partial charge in [-0.15, -0.1) is 0 Å². The second-order valence-corrected chi connectivity index (χ2v) is 5.74. The van der Waals surface area contributed by atoms with E-state index in [1.807, 2.05) is 54.6 Å². The fourth-order valence-electron chi connectivity index (χ4n) is 2.86. The van der Waals surface area contributed by atoms with Gasteiger partial charge in [-0.1, -0.05) is 54.6 Å². The molecule has 1 N–H and O–H groups in total. The van der Waals surface area contributed by atoms with Crippen LogP contribution in [0, 0.1) is 0 Å². The fourth-order valence-corrected chi connectivity index (χ4v) is 2.86. The van der Waals surface area contributed by atoms with Crippen molar-refractivity contribution in [3.05, 3.63) is 71.8 Å². The summed E-state index contributed by atoms with van der Waals surface area (Å²) in [6.45, 7) is 1.23. The fraction of sp³-hybridized carbons (Fsp3) is 0.200. The number of rotatable bonds is 5. The first-order valence-electron chi connectivity index (χ1n) is 8.19. The third-order valence-electron chi connectivity index (χ3n) is 3.98. The molecule has 1 heterocycles. The van der Waals surface area contributed by atoms with Gasteiger partial charge in [-0.3, -0.25) is 4.79 Å². The van der Waals surface area contributed by atoms with Crippen LogP contribution in [0.2, 0.25) is 0 Å². The van der Waals surface area contributed by atoms with Crippen LogP contribution >= 0.6 is 0 Å². The highest BCUT2D eigenvalue weighted by molar-refractivity contribution is 5.84. The molecular formula is C20H21N3O. The van der Waals surface area contributed by atoms with Gasteiger partial charge in [-0.25, -0.2) is 5.43 Å². The Bertz CT molecular complexity index is 738. The van der Waals surface area contributed by atoms with Gasteiger partial charge in [0, 0.05) is 18.4 Å². The first kappa shape index (κ1) is 16.0. The summed E-state index contributed by atoms with van der Waals surface area (Å²) in [4.78, 5) is 14.2. The molecular weight excluding hydrogens is 298 g/mol. The Hall–Kier alpha value is -2.88. The van der Waals surface area contributed by atoms with Crippen LogP contribution in [0.4, 0.5) is 5.69 Å². The monoisotopic (exact) mass is 319 g/mol. The summed E-state index contributed by atoms with van der Waals surface area (Å²) in [6.07, 6.45) is 7.50. The molecule has 1 aliphatic rings. The van der Waals surface area contributed by atoms with E-state index in [1.54, 1.807) is 6.21 Å². The molecule has 3 rings (SSSR count). The van der Waals surface area contributed by atoms with E-state index in [-0.39, 0.29) is 5.91 Å². The second kappa shape index (κ2) is 8.11. The molecule has 0 saturated carbocycles. The Kier molecular flexibility index (Phi) is 5.40. The molecule has 4 heteroatoms. The van der Waals surface area contributed by atoms with Gasteiger partial charge in [0.1, 0.15) is 0 Å². The van der Waals surface area contributed by atoms with Gasteiger partial charge in [0.05, 0.1) is 6.54 Å². The van der Waals surface area contributed by atoms with E-state index in [4.69, 9.17) is 0 Å². The number of anilines is 1. The number of allylic oxidation sites excluding steroid dienone is 1. The molecule has 122 valence electrons. The first-order chi connectivity index (χ1) is 11.8. The van der Waals surface area contributed by atoms with Gasteiger partial charge < -0.3 is 4.90 Å². The third kappa shape index (κ3) is 4.32. The maximum Gasteiger partial charge on any atom is 0.259 e. The highest BCUT2D eigenvalue weighted by Gasteiger charge is 2.18. The molecule has 0 fully saturated rings. The molecule has 1 amide bonds. The molecule has 0 atom stereocenters. The van der Waals surface area contributed by atoms with Gasteiger partial charge in [0.25, 0.3) is 5.91 Å². The van der Waals surface area contributed by atoms with Gasteiger partial charge in [0.15, 0.2) is 0 Å². The largest absolute Gasteiger partial charge is 0.362 e. The first-order valence-corrected chi connectivity index (χ1v) is 8.19. The lowest BCUT2D eigenvalue weighted by molar-refractivity contribution is -0.119. The van der Waals surface area contributed by atoms with Crippen LogP contribution in [0.1, 0.15) is 17.5 Å². The molecule has 0 bridgehead atoms. The average Bonchev–Trinajstić information content (AvgIpc) is 2.63. The molecule has 0 aliphatic carbocycles. The number of amides is 1. The minimum atomic E-state index is -0.101. The third-order valence-corrected chi connectivity index (χ3v) is 3.98. The lowest BCUT2D eigenvalue weighted by Crippen LogP contribution is -2.38. The minimum Gasteiger partial charge on any atom is -0.362 e. The Morgan fingerprint density at radius 1 is 1.12 bits per heavy atom. The molecule has 2 aromatic carbocycles. The number of nitrogens with zero attached hydrogens (tertiary/aromatic N) is 2. The summed E-state index contributed by atoms with van der Waals surface area (Å²) < 4.78 is 0. The number of hydrogen-bond donors (Lipinski definition) is 1. The summed E-state index contributed by atoms with van der Waals surface area (Å²) in [7, 11) is 0. The topological polar surface area (TPSA) is 44.7 Å². The van der Waals surface area contributed by atoms with Gasteiger partial charge in [0.2, 0.25) is 0 Å². The quantitative estimate of drug-likeness (QED) is 0.679. The zero-order chi connectivity index (χ0) is 16.6. The van der Waals surface area contributed by atoms with Crippen molar-refractivity contribution in [2.45, 2.75) is 12.8 Å². The predicted molar refractivity (Wildman–Crippen MR) is 99.1 cm³/mol. The number of fused-ring (bicyclic) bond motifs is 1. The molecule has 0 unspecified atom stereocenters. The van der Waals surface area contributed by atoms with Crippen molar-refractivity contribution in [2.75, 3.05) is 18.0 Å². The average molecular weight is 319 g/mol. The number of para-hydroxylation sites is 1. The van der Waals surface area contributed by atoms with Crippen molar-refractivity contribution >= 4 is 23.9 Å². The maximum absolute atomic E-state index is 12.1. The Labute approximate surface area is 142 Å². The van der Waals surface area contributed by atoms with Crippen LogP contribution in [0.25, 0.3) is 6.08 Å².